The van der Waals surface area contributed by atoms with E-state index in [1.165, 1.54) is 18.5 Å². The van der Waals surface area contributed by atoms with E-state index in [-0.39, 0.29) is 5.69 Å². The molecule has 0 aliphatic heterocycles. The number of fused-ring (bicyclic) bond motifs is 1. The maximum absolute atomic E-state index is 11.0. The molecule has 5 rings (SSSR count). The van der Waals surface area contributed by atoms with Crippen LogP contribution in [-0.2, 0) is 13.6 Å². The topological polar surface area (TPSA) is 116 Å². The summed E-state index contributed by atoms with van der Waals surface area (Å²) in [4.78, 5) is 23.4. The van der Waals surface area contributed by atoms with Gasteiger partial charge in [-0.2, -0.15) is 5.10 Å². The van der Waals surface area contributed by atoms with Gasteiger partial charge in [0.15, 0.2) is 0 Å². The second-order valence-corrected chi connectivity index (χ2v) is 7.26. The molecule has 4 heterocycles. The fourth-order valence-electron chi connectivity index (χ4n) is 3.44. The van der Waals surface area contributed by atoms with Gasteiger partial charge in [0, 0.05) is 43.7 Å². The molecule has 0 fully saturated rings. The number of hydrogen-bond donors (Lipinski definition) is 1. The summed E-state index contributed by atoms with van der Waals surface area (Å²) in [5.41, 5.74) is 5.16. The highest BCUT2D eigenvalue weighted by molar-refractivity contribution is 5.64. The maximum Gasteiger partial charge on any atom is 0.274 e. The zero-order valence-electron chi connectivity index (χ0n) is 17.1. The largest absolute Gasteiger partial charge is 0.366 e. The van der Waals surface area contributed by atoms with Crippen molar-refractivity contribution in [3.05, 3.63) is 89.3 Å². The van der Waals surface area contributed by atoms with Crippen LogP contribution in [0.5, 0.6) is 0 Å². The summed E-state index contributed by atoms with van der Waals surface area (Å²) in [5, 5.41) is 18.5. The number of nitrogens with zero attached hydrogens (tertiary/aromatic N) is 7. The summed E-state index contributed by atoms with van der Waals surface area (Å²) in [5.74, 6) is 0.670. The number of anilines is 1. The number of pyridine rings is 1. The third-order valence-electron chi connectivity index (χ3n) is 5.10. The van der Waals surface area contributed by atoms with E-state index in [0.717, 1.165) is 22.4 Å². The number of benzene rings is 1. The van der Waals surface area contributed by atoms with E-state index in [2.05, 4.69) is 49.6 Å². The summed E-state index contributed by atoms with van der Waals surface area (Å²) in [6.45, 7) is 0.600. The van der Waals surface area contributed by atoms with Crippen LogP contribution in [0.4, 0.5) is 11.5 Å². The molecule has 0 saturated heterocycles. The molecular formula is C22H18N8O2. The number of rotatable bonds is 6. The number of aromatic nitrogens is 6. The predicted octanol–water partition coefficient (Wildman–Crippen LogP) is 3.71. The number of aryl methyl sites for hydroxylation is 1. The van der Waals surface area contributed by atoms with Crippen molar-refractivity contribution >= 4 is 17.2 Å². The Bertz CT molecular complexity index is 1420. The molecule has 0 aliphatic rings. The lowest BCUT2D eigenvalue weighted by Gasteiger charge is -2.08. The zero-order valence-corrected chi connectivity index (χ0v) is 17.1. The Kier molecular flexibility index (Phi) is 4.79. The Balaban J connectivity index is 1.32. The molecule has 1 aromatic carbocycles. The van der Waals surface area contributed by atoms with Crippen molar-refractivity contribution in [1.82, 2.24) is 29.1 Å². The minimum absolute atomic E-state index is 0.00533. The van der Waals surface area contributed by atoms with Crippen molar-refractivity contribution in [1.29, 1.82) is 0 Å². The fraction of sp³-hybridized carbons (Fsp3) is 0.0909. The lowest BCUT2D eigenvalue weighted by atomic mass is 10.1. The van der Waals surface area contributed by atoms with Crippen LogP contribution in [0.1, 0.15) is 5.56 Å². The summed E-state index contributed by atoms with van der Waals surface area (Å²) in [7, 11) is 1.90. The van der Waals surface area contributed by atoms with Crippen LogP contribution < -0.4 is 5.32 Å². The van der Waals surface area contributed by atoms with Crippen LogP contribution in [0.15, 0.2) is 73.6 Å². The number of nitro groups is 1. The van der Waals surface area contributed by atoms with Crippen LogP contribution >= 0.6 is 0 Å². The highest BCUT2D eigenvalue weighted by Crippen LogP contribution is 2.23. The summed E-state index contributed by atoms with van der Waals surface area (Å²) in [6, 6.07) is 13.0. The van der Waals surface area contributed by atoms with Gasteiger partial charge in [0.2, 0.25) is 0 Å². The first-order valence-corrected chi connectivity index (χ1v) is 9.82. The van der Waals surface area contributed by atoms with E-state index < -0.39 is 4.92 Å². The van der Waals surface area contributed by atoms with Crippen LogP contribution in [-0.4, -0.2) is 34.1 Å². The molecule has 0 atom stereocenters. The van der Waals surface area contributed by atoms with E-state index in [4.69, 9.17) is 0 Å². The van der Waals surface area contributed by atoms with E-state index in [1.54, 1.807) is 21.5 Å². The van der Waals surface area contributed by atoms with Crippen molar-refractivity contribution in [2.24, 2.45) is 7.05 Å². The average molecular weight is 426 g/mol. The van der Waals surface area contributed by atoms with Crippen molar-refractivity contribution in [2.75, 3.05) is 5.32 Å². The third-order valence-corrected chi connectivity index (χ3v) is 5.10. The molecule has 0 aliphatic carbocycles. The quantitative estimate of drug-likeness (QED) is 0.325. The number of nitrogens with one attached hydrogen (secondary N) is 1. The van der Waals surface area contributed by atoms with Gasteiger partial charge in [-0.05, 0) is 11.1 Å². The Morgan fingerprint density at radius 3 is 2.62 bits per heavy atom. The van der Waals surface area contributed by atoms with Gasteiger partial charge in [-0.1, -0.05) is 24.3 Å². The molecule has 4 aromatic heterocycles. The van der Waals surface area contributed by atoms with E-state index in [9.17, 15) is 10.1 Å². The lowest BCUT2D eigenvalue weighted by molar-refractivity contribution is -0.384. The molecule has 0 radical (unpaired) electrons. The van der Waals surface area contributed by atoms with E-state index in [0.29, 0.717) is 23.7 Å². The Hall–Kier alpha value is -4.60. The normalized spacial score (nSPS) is 11.0. The second-order valence-electron chi connectivity index (χ2n) is 7.26. The van der Waals surface area contributed by atoms with Gasteiger partial charge in [0.1, 0.15) is 17.8 Å². The Labute approximate surface area is 182 Å². The van der Waals surface area contributed by atoms with Crippen LogP contribution in [0.25, 0.3) is 28.2 Å². The van der Waals surface area contributed by atoms with E-state index in [1.807, 2.05) is 25.5 Å². The highest BCUT2D eigenvalue weighted by Gasteiger charge is 2.12. The molecule has 10 nitrogen and oxygen atoms in total. The molecule has 0 spiro atoms. The SMILES string of the molecule is Cn1cc(-c2ccc(CNc3cc(-c4cnc5cc([N+](=O)[O-])ccn45)ncn3)cc2)cn1. The Morgan fingerprint density at radius 2 is 1.88 bits per heavy atom. The first kappa shape index (κ1) is 19.4. The van der Waals surface area contributed by atoms with Crippen molar-refractivity contribution in [2.45, 2.75) is 6.54 Å². The molecule has 5 aromatic rings. The monoisotopic (exact) mass is 426 g/mol. The smallest absolute Gasteiger partial charge is 0.274 e. The van der Waals surface area contributed by atoms with Gasteiger partial charge < -0.3 is 5.32 Å². The molecule has 0 amide bonds. The summed E-state index contributed by atoms with van der Waals surface area (Å²) < 4.78 is 3.54. The molecule has 32 heavy (non-hydrogen) atoms. The standard InChI is InChI=1S/C22H18N8O2/c1-28-13-17(11-27-28)16-4-2-15(3-5-16)10-23-21-9-19(25-14-26-21)20-12-24-22-8-18(30(31)32)6-7-29(20)22/h2-9,11-14H,10H2,1H3,(H,23,25,26). The van der Waals surface area contributed by atoms with Crippen molar-refractivity contribution < 1.29 is 4.92 Å². The second kappa shape index (κ2) is 7.91. The van der Waals surface area contributed by atoms with Crippen LogP contribution in [0.3, 0.4) is 0 Å². The summed E-state index contributed by atoms with van der Waals surface area (Å²) >= 11 is 0. The Morgan fingerprint density at radius 1 is 1.03 bits per heavy atom. The predicted molar refractivity (Wildman–Crippen MR) is 119 cm³/mol. The molecule has 1 N–H and O–H groups in total. The van der Waals surface area contributed by atoms with Crippen LogP contribution in [0, 0.1) is 10.1 Å². The lowest BCUT2D eigenvalue weighted by Crippen LogP contribution is -2.02. The molecule has 0 bridgehead atoms. The third kappa shape index (κ3) is 3.76. The van der Waals surface area contributed by atoms with Gasteiger partial charge in [0.25, 0.3) is 5.69 Å². The minimum atomic E-state index is -0.440. The van der Waals surface area contributed by atoms with Crippen molar-refractivity contribution in [3.8, 4) is 22.5 Å². The average Bonchev–Trinajstić information content (AvgIpc) is 3.44. The van der Waals surface area contributed by atoms with Gasteiger partial charge in [-0.3, -0.25) is 19.2 Å². The van der Waals surface area contributed by atoms with Gasteiger partial charge in [0.05, 0.1) is 34.8 Å². The van der Waals surface area contributed by atoms with Gasteiger partial charge >= 0.3 is 0 Å². The number of imidazole rings is 1. The maximum atomic E-state index is 11.0. The number of hydrogen-bond acceptors (Lipinski definition) is 7. The molecular weight excluding hydrogens is 408 g/mol. The minimum Gasteiger partial charge on any atom is -0.366 e. The van der Waals surface area contributed by atoms with Gasteiger partial charge in [-0.25, -0.2) is 15.0 Å². The zero-order chi connectivity index (χ0) is 22.1. The molecule has 10 heteroatoms. The first-order chi connectivity index (χ1) is 15.6. The fourth-order valence-corrected chi connectivity index (χ4v) is 3.44. The summed E-state index contributed by atoms with van der Waals surface area (Å²) in [6.07, 6.45) is 8.56. The molecule has 0 unspecified atom stereocenters. The van der Waals surface area contributed by atoms with Crippen molar-refractivity contribution in [3.63, 3.8) is 0 Å². The first-order valence-electron chi connectivity index (χ1n) is 9.82. The highest BCUT2D eigenvalue weighted by atomic mass is 16.6. The van der Waals surface area contributed by atoms with Gasteiger partial charge in [-0.15, -0.1) is 0 Å². The van der Waals surface area contributed by atoms with Crippen LogP contribution in [0.2, 0.25) is 0 Å². The molecule has 0 saturated carbocycles. The molecule has 158 valence electrons. The van der Waals surface area contributed by atoms with E-state index >= 15 is 0 Å².